The first-order chi connectivity index (χ1) is 8.99. The molecule has 4 heteroatoms. The van der Waals surface area contributed by atoms with Crippen molar-refractivity contribution in [2.75, 3.05) is 13.2 Å². The third kappa shape index (κ3) is 2.95. The number of hydrogen-bond acceptors (Lipinski definition) is 3. The Kier molecular flexibility index (Phi) is 3.88. The van der Waals surface area contributed by atoms with Crippen LogP contribution in [0.3, 0.4) is 0 Å². The van der Waals surface area contributed by atoms with Gasteiger partial charge in [0.05, 0.1) is 19.0 Å². The number of ketones is 1. The van der Waals surface area contributed by atoms with Gasteiger partial charge in [0, 0.05) is 0 Å². The molecule has 1 aliphatic rings. The van der Waals surface area contributed by atoms with Crippen molar-refractivity contribution in [1.29, 1.82) is 0 Å². The Hall–Kier alpha value is -1.84. The van der Waals surface area contributed by atoms with E-state index in [1.807, 2.05) is 39.0 Å². The third-order valence-corrected chi connectivity index (χ3v) is 3.43. The van der Waals surface area contributed by atoms with E-state index in [1.165, 1.54) is 0 Å². The first-order valence-electron chi connectivity index (χ1n) is 6.49. The van der Waals surface area contributed by atoms with Crippen molar-refractivity contribution in [2.24, 2.45) is 0 Å². The van der Waals surface area contributed by atoms with Crippen molar-refractivity contribution < 1.29 is 14.3 Å². The first-order valence-corrected chi connectivity index (χ1v) is 6.49. The number of Topliss-reactive ketones (excluding diaryl/α,β-unsaturated/α-hetero) is 1. The minimum atomic E-state index is -0.0948. The molecule has 102 valence electrons. The highest BCUT2D eigenvalue weighted by molar-refractivity contribution is 6.05. The number of amides is 1. The number of benzene rings is 1. The normalized spacial score (nSPS) is 16.9. The van der Waals surface area contributed by atoms with Gasteiger partial charge in [-0.3, -0.25) is 9.59 Å². The Morgan fingerprint density at radius 2 is 1.89 bits per heavy atom. The largest absolute Gasteiger partial charge is 0.491 e. The highest BCUT2D eigenvalue weighted by atomic mass is 16.5. The quantitative estimate of drug-likeness (QED) is 0.777. The molecule has 1 atom stereocenters. The van der Waals surface area contributed by atoms with Crippen LogP contribution in [0.4, 0.5) is 0 Å². The van der Waals surface area contributed by atoms with Crippen LogP contribution in [0.2, 0.25) is 0 Å². The summed E-state index contributed by atoms with van der Waals surface area (Å²) < 4.78 is 5.82. The lowest BCUT2D eigenvalue weighted by Crippen LogP contribution is -2.38. The van der Waals surface area contributed by atoms with E-state index in [0.717, 1.165) is 16.9 Å². The number of aryl methyl sites for hydroxylation is 2. The van der Waals surface area contributed by atoms with Gasteiger partial charge in [-0.15, -0.1) is 0 Å². The van der Waals surface area contributed by atoms with Gasteiger partial charge in [-0.05, 0) is 31.9 Å². The first kappa shape index (κ1) is 13.6. The number of carbonyl (C=O) groups excluding carboxylic acids is 2. The summed E-state index contributed by atoms with van der Waals surface area (Å²) in [5.41, 5.74) is 2.16. The molecule has 0 aliphatic carbocycles. The molecule has 1 aromatic carbocycles. The van der Waals surface area contributed by atoms with Crippen LogP contribution in [0.15, 0.2) is 18.2 Å². The lowest BCUT2D eigenvalue weighted by molar-refractivity contribution is -0.129. The van der Waals surface area contributed by atoms with Crippen LogP contribution < -0.4 is 4.74 Å². The van der Waals surface area contributed by atoms with Gasteiger partial charge in [0.2, 0.25) is 5.91 Å². The predicted molar refractivity (Wildman–Crippen MR) is 72.2 cm³/mol. The predicted octanol–water partition coefficient (Wildman–Crippen LogP) is 1.87. The molecule has 19 heavy (non-hydrogen) atoms. The molecule has 0 saturated carbocycles. The van der Waals surface area contributed by atoms with Gasteiger partial charge in [0.1, 0.15) is 12.4 Å². The number of para-hydroxylation sites is 1. The van der Waals surface area contributed by atoms with Crippen LogP contribution in [0.5, 0.6) is 5.75 Å². The molecule has 1 saturated heterocycles. The van der Waals surface area contributed by atoms with Crippen LogP contribution in [0.1, 0.15) is 24.5 Å². The van der Waals surface area contributed by atoms with Gasteiger partial charge < -0.3 is 9.64 Å². The number of rotatable bonds is 4. The summed E-state index contributed by atoms with van der Waals surface area (Å²) in [6.45, 7) is 6.53. The van der Waals surface area contributed by atoms with Crippen LogP contribution in [0.25, 0.3) is 0 Å². The summed E-state index contributed by atoms with van der Waals surface area (Å²) in [6, 6.07) is 5.90. The van der Waals surface area contributed by atoms with Crippen LogP contribution in [0, 0.1) is 13.8 Å². The zero-order valence-electron chi connectivity index (χ0n) is 11.6. The summed E-state index contributed by atoms with van der Waals surface area (Å²) in [7, 11) is 0. The molecule has 1 aliphatic heterocycles. The topological polar surface area (TPSA) is 46.6 Å². The monoisotopic (exact) mass is 261 g/mol. The highest BCUT2D eigenvalue weighted by Gasteiger charge is 2.31. The number of nitrogens with zero attached hydrogens (tertiary/aromatic N) is 1. The van der Waals surface area contributed by atoms with E-state index in [9.17, 15) is 9.59 Å². The van der Waals surface area contributed by atoms with Crippen molar-refractivity contribution in [3.8, 4) is 5.75 Å². The van der Waals surface area contributed by atoms with Gasteiger partial charge in [0.25, 0.3) is 0 Å². The van der Waals surface area contributed by atoms with E-state index in [4.69, 9.17) is 4.74 Å². The average Bonchev–Trinajstić information content (AvgIpc) is 2.67. The molecule has 0 bridgehead atoms. The number of likely N-dealkylation sites (tertiary alicyclic amines) is 1. The molecular formula is C15H19NO3. The van der Waals surface area contributed by atoms with Crippen LogP contribution in [-0.4, -0.2) is 35.8 Å². The van der Waals surface area contributed by atoms with Crippen LogP contribution >= 0.6 is 0 Å². The zero-order valence-corrected chi connectivity index (χ0v) is 11.6. The van der Waals surface area contributed by atoms with Gasteiger partial charge in [0.15, 0.2) is 5.78 Å². The van der Waals surface area contributed by atoms with E-state index < -0.39 is 0 Å². The van der Waals surface area contributed by atoms with E-state index in [2.05, 4.69) is 0 Å². The van der Waals surface area contributed by atoms with Crippen molar-refractivity contribution in [1.82, 2.24) is 4.90 Å². The van der Waals surface area contributed by atoms with Crippen molar-refractivity contribution in [3.63, 3.8) is 0 Å². The minimum absolute atomic E-state index is 0.0103. The molecule has 2 rings (SSSR count). The summed E-state index contributed by atoms with van der Waals surface area (Å²) in [5.74, 6) is 0.763. The van der Waals surface area contributed by atoms with E-state index in [0.29, 0.717) is 6.61 Å². The van der Waals surface area contributed by atoms with Crippen molar-refractivity contribution >= 4 is 11.7 Å². The van der Waals surface area contributed by atoms with Gasteiger partial charge in [-0.1, -0.05) is 18.2 Å². The Bertz CT molecular complexity index is 490. The van der Waals surface area contributed by atoms with Gasteiger partial charge in [-0.2, -0.15) is 0 Å². The van der Waals surface area contributed by atoms with E-state index >= 15 is 0 Å². The molecule has 1 unspecified atom stereocenters. The highest BCUT2D eigenvalue weighted by Crippen LogP contribution is 2.23. The molecule has 0 radical (unpaired) electrons. The Morgan fingerprint density at radius 3 is 2.42 bits per heavy atom. The smallest absolute Gasteiger partial charge is 0.230 e. The Labute approximate surface area is 113 Å². The Morgan fingerprint density at radius 1 is 1.26 bits per heavy atom. The molecule has 0 spiro atoms. The summed E-state index contributed by atoms with van der Waals surface area (Å²) in [4.78, 5) is 24.5. The number of carbonyl (C=O) groups is 2. The second-order valence-electron chi connectivity index (χ2n) is 5.12. The number of hydrogen-bond donors (Lipinski definition) is 0. The zero-order chi connectivity index (χ0) is 14.0. The SMILES string of the molecule is Cc1cccc(C)c1OCC(C)N1CC(=O)CC1=O. The maximum atomic E-state index is 11.6. The lowest BCUT2D eigenvalue weighted by atomic mass is 10.1. The fourth-order valence-electron chi connectivity index (χ4n) is 2.33. The second kappa shape index (κ2) is 5.43. The maximum absolute atomic E-state index is 11.6. The molecule has 1 fully saturated rings. The lowest BCUT2D eigenvalue weighted by Gasteiger charge is -2.24. The summed E-state index contributed by atoms with van der Waals surface area (Å²) >= 11 is 0. The molecule has 0 N–H and O–H groups in total. The number of ether oxygens (including phenoxy) is 1. The van der Waals surface area contributed by atoms with Crippen LogP contribution in [-0.2, 0) is 9.59 Å². The fourth-order valence-corrected chi connectivity index (χ4v) is 2.33. The Balaban J connectivity index is 1.99. The second-order valence-corrected chi connectivity index (χ2v) is 5.12. The fraction of sp³-hybridized carbons (Fsp3) is 0.467. The molecule has 0 aromatic heterocycles. The van der Waals surface area contributed by atoms with Crippen molar-refractivity contribution in [3.05, 3.63) is 29.3 Å². The van der Waals surface area contributed by atoms with Crippen molar-refractivity contribution in [2.45, 2.75) is 33.2 Å². The molecular weight excluding hydrogens is 242 g/mol. The third-order valence-electron chi connectivity index (χ3n) is 3.43. The van der Waals surface area contributed by atoms with Gasteiger partial charge in [-0.25, -0.2) is 0 Å². The van der Waals surface area contributed by atoms with E-state index in [-0.39, 0.29) is 30.7 Å². The maximum Gasteiger partial charge on any atom is 0.230 e. The molecule has 1 aromatic rings. The summed E-state index contributed by atoms with van der Waals surface area (Å²) in [5, 5.41) is 0. The summed E-state index contributed by atoms with van der Waals surface area (Å²) in [6.07, 6.45) is 0.0354. The van der Waals surface area contributed by atoms with Gasteiger partial charge >= 0.3 is 0 Å². The molecule has 4 nitrogen and oxygen atoms in total. The standard InChI is InChI=1S/C15H19NO3/c1-10-5-4-6-11(2)15(10)19-9-12(3)16-8-13(17)7-14(16)18/h4-6,12H,7-9H2,1-3H3. The molecule has 1 heterocycles. The minimum Gasteiger partial charge on any atom is -0.491 e. The van der Waals surface area contributed by atoms with E-state index in [1.54, 1.807) is 4.90 Å². The average molecular weight is 261 g/mol. The molecule has 1 amide bonds.